The van der Waals surface area contributed by atoms with Crippen molar-refractivity contribution in [1.82, 2.24) is 14.3 Å². The maximum absolute atomic E-state index is 12.4. The van der Waals surface area contributed by atoms with Gasteiger partial charge in [-0.15, -0.1) is 0 Å². The predicted octanol–water partition coefficient (Wildman–Crippen LogP) is -0.419. The number of nitrogens with one attached hydrogen (secondary N) is 1. The van der Waals surface area contributed by atoms with Gasteiger partial charge in [0.25, 0.3) is 10.0 Å². The molecule has 0 aromatic carbocycles. The summed E-state index contributed by atoms with van der Waals surface area (Å²) >= 11 is 0. The van der Waals surface area contributed by atoms with Gasteiger partial charge in [0, 0.05) is 20.1 Å². The number of sulfonamides is 1. The molecule has 1 aromatic heterocycles. The molecule has 1 saturated heterocycles. The van der Waals surface area contributed by atoms with E-state index >= 15 is 0 Å². The summed E-state index contributed by atoms with van der Waals surface area (Å²) in [6.45, 7) is 1.64. The van der Waals surface area contributed by atoms with E-state index < -0.39 is 28.1 Å². The van der Waals surface area contributed by atoms with Crippen LogP contribution in [0.25, 0.3) is 0 Å². The number of carboxylic acids is 1. The second-order valence-electron chi connectivity index (χ2n) is 4.36. The van der Waals surface area contributed by atoms with E-state index in [-0.39, 0.29) is 18.0 Å². The largest absolute Gasteiger partial charge is 0.480 e. The van der Waals surface area contributed by atoms with Crippen LogP contribution in [0.3, 0.4) is 0 Å². The van der Waals surface area contributed by atoms with Crippen molar-refractivity contribution in [2.75, 3.05) is 13.7 Å². The molecule has 2 rings (SSSR count). The summed E-state index contributed by atoms with van der Waals surface area (Å²) in [4.78, 5) is 17.6. The maximum atomic E-state index is 12.4. The van der Waals surface area contributed by atoms with Crippen LogP contribution in [0.5, 0.6) is 0 Å². The zero-order valence-corrected chi connectivity index (χ0v) is 11.3. The molecule has 0 bridgehead atoms. The fraction of sp³-hybridized carbons (Fsp3) is 0.600. The van der Waals surface area contributed by atoms with E-state index in [1.54, 1.807) is 6.92 Å². The summed E-state index contributed by atoms with van der Waals surface area (Å²) in [6, 6.07) is -1.11. The lowest BCUT2D eigenvalue weighted by molar-refractivity contribution is -0.140. The first-order chi connectivity index (χ1) is 8.86. The van der Waals surface area contributed by atoms with E-state index in [9.17, 15) is 13.2 Å². The molecule has 9 heteroatoms. The monoisotopic (exact) mass is 289 g/mol. The van der Waals surface area contributed by atoms with Crippen molar-refractivity contribution in [2.24, 2.45) is 0 Å². The Hall–Kier alpha value is -1.45. The summed E-state index contributed by atoms with van der Waals surface area (Å²) in [5.74, 6) is -0.729. The summed E-state index contributed by atoms with van der Waals surface area (Å²) in [6.07, 6.45) is 0.905. The molecular weight excluding hydrogens is 274 g/mol. The quantitative estimate of drug-likeness (QED) is 0.778. The second kappa shape index (κ2) is 4.91. The fourth-order valence-electron chi connectivity index (χ4n) is 2.09. The molecule has 0 saturated carbocycles. The highest BCUT2D eigenvalue weighted by molar-refractivity contribution is 7.89. The molecule has 2 unspecified atom stereocenters. The van der Waals surface area contributed by atoms with E-state index in [0.717, 1.165) is 4.31 Å². The molecule has 1 aliphatic heterocycles. The zero-order valence-electron chi connectivity index (χ0n) is 10.5. The Bertz CT molecular complexity index is 582. The average Bonchev–Trinajstić information content (AvgIpc) is 2.94. The van der Waals surface area contributed by atoms with E-state index in [4.69, 9.17) is 9.84 Å². The van der Waals surface area contributed by atoms with Crippen molar-refractivity contribution in [1.29, 1.82) is 0 Å². The number of carboxylic acid groups (broad SMARTS) is 1. The first-order valence-electron chi connectivity index (χ1n) is 5.65. The summed E-state index contributed by atoms with van der Waals surface area (Å²) in [5, 5.41) is 9.02. The number of aromatic amines is 1. The number of carbonyl (C=O) groups is 1. The highest BCUT2D eigenvalue weighted by Gasteiger charge is 2.44. The van der Waals surface area contributed by atoms with Gasteiger partial charge in [-0.3, -0.25) is 4.79 Å². The molecule has 8 nitrogen and oxygen atoms in total. The van der Waals surface area contributed by atoms with Crippen molar-refractivity contribution < 1.29 is 23.1 Å². The molecule has 0 amide bonds. The Labute approximate surface area is 110 Å². The molecule has 1 fully saturated rings. The number of hydrogen-bond acceptors (Lipinski definition) is 5. The molecule has 19 heavy (non-hydrogen) atoms. The maximum Gasteiger partial charge on any atom is 0.322 e. The number of nitrogens with zero attached hydrogens (tertiary/aromatic N) is 2. The highest BCUT2D eigenvalue weighted by atomic mass is 32.2. The van der Waals surface area contributed by atoms with Crippen LogP contribution in [0, 0.1) is 6.92 Å². The Morgan fingerprint density at radius 1 is 1.63 bits per heavy atom. The lowest BCUT2D eigenvalue weighted by Crippen LogP contribution is -2.40. The Morgan fingerprint density at radius 3 is 2.79 bits per heavy atom. The smallest absolute Gasteiger partial charge is 0.322 e. The van der Waals surface area contributed by atoms with Crippen molar-refractivity contribution in [3.05, 3.63) is 12.0 Å². The third kappa shape index (κ3) is 2.48. The van der Waals surface area contributed by atoms with Crippen molar-refractivity contribution in [3.63, 3.8) is 0 Å². The van der Waals surface area contributed by atoms with Gasteiger partial charge in [0.05, 0.1) is 12.3 Å². The number of methoxy groups -OCH3 is 1. The summed E-state index contributed by atoms with van der Waals surface area (Å²) < 4.78 is 30.7. The minimum Gasteiger partial charge on any atom is -0.480 e. The molecule has 0 spiro atoms. The average molecular weight is 289 g/mol. The predicted molar refractivity (Wildman–Crippen MR) is 64.1 cm³/mol. The minimum absolute atomic E-state index is 0.0217. The third-order valence-corrected chi connectivity index (χ3v) is 4.89. The molecule has 0 aliphatic carbocycles. The van der Waals surface area contributed by atoms with Crippen LogP contribution < -0.4 is 0 Å². The van der Waals surface area contributed by atoms with Crippen molar-refractivity contribution in [3.8, 4) is 0 Å². The lowest BCUT2D eigenvalue weighted by atomic mass is 10.2. The summed E-state index contributed by atoms with van der Waals surface area (Å²) in [5.41, 5.74) is 0. The Morgan fingerprint density at radius 2 is 2.32 bits per heavy atom. The van der Waals surface area contributed by atoms with Gasteiger partial charge in [-0.1, -0.05) is 0 Å². The number of ether oxygens (including phenoxy) is 1. The van der Waals surface area contributed by atoms with Crippen LogP contribution in [0.4, 0.5) is 0 Å². The summed E-state index contributed by atoms with van der Waals surface area (Å²) in [7, 11) is -2.47. The second-order valence-corrected chi connectivity index (χ2v) is 6.21. The number of aromatic nitrogens is 2. The lowest BCUT2D eigenvalue weighted by Gasteiger charge is -2.19. The standard InChI is InChI=1S/C10H15N3O5S/c1-6-11-4-9(12-6)19(16,17)13-5-7(18-2)3-8(13)10(14)15/h4,7-8H,3,5H2,1-2H3,(H,11,12)(H,14,15). The molecule has 1 aliphatic rings. The van der Waals surface area contributed by atoms with E-state index in [1.165, 1.54) is 13.3 Å². The Balaban J connectivity index is 2.36. The zero-order chi connectivity index (χ0) is 14.2. The third-order valence-electron chi connectivity index (χ3n) is 3.10. The van der Waals surface area contributed by atoms with Gasteiger partial charge in [-0.2, -0.15) is 4.31 Å². The molecule has 2 heterocycles. The van der Waals surface area contributed by atoms with Crippen LogP contribution in [0.15, 0.2) is 11.2 Å². The normalized spacial score (nSPS) is 24.7. The molecular formula is C10H15N3O5S. The van der Waals surface area contributed by atoms with Gasteiger partial charge in [0.1, 0.15) is 11.9 Å². The first kappa shape index (κ1) is 14.0. The van der Waals surface area contributed by atoms with Gasteiger partial charge in [0.15, 0.2) is 5.03 Å². The number of H-pyrrole nitrogens is 1. The number of imidazole rings is 1. The van der Waals surface area contributed by atoms with Crippen molar-refractivity contribution in [2.45, 2.75) is 30.5 Å². The molecule has 2 atom stereocenters. The van der Waals surface area contributed by atoms with E-state index in [1.807, 2.05) is 0 Å². The molecule has 1 aromatic rings. The van der Waals surface area contributed by atoms with Gasteiger partial charge in [-0.25, -0.2) is 13.4 Å². The van der Waals surface area contributed by atoms with Crippen LogP contribution >= 0.6 is 0 Å². The number of hydrogen-bond donors (Lipinski definition) is 2. The SMILES string of the molecule is COC1CC(C(=O)O)N(S(=O)(=O)c2cnc(C)[nH]2)C1. The van der Waals surface area contributed by atoms with Crippen LogP contribution in [0.2, 0.25) is 0 Å². The topological polar surface area (TPSA) is 113 Å². The minimum atomic E-state index is -3.90. The number of rotatable bonds is 4. The van der Waals surface area contributed by atoms with Crippen LogP contribution in [-0.4, -0.2) is 59.6 Å². The van der Waals surface area contributed by atoms with Crippen LogP contribution in [-0.2, 0) is 19.6 Å². The first-order valence-corrected chi connectivity index (χ1v) is 7.09. The number of aryl methyl sites for hydroxylation is 1. The fourth-order valence-corrected chi connectivity index (χ4v) is 3.67. The van der Waals surface area contributed by atoms with Gasteiger partial charge >= 0.3 is 5.97 Å². The van der Waals surface area contributed by atoms with Gasteiger partial charge < -0.3 is 14.8 Å². The van der Waals surface area contributed by atoms with E-state index in [2.05, 4.69) is 9.97 Å². The number of aliphatic carboxylic acids is 1. The van der Waals surface area contributed by atoms with E-state index in [0.29, 0.717) is 5.82 Å². The molecule has 0 radical (unpaired) electrons. The Kier molecular flexibility index (Phi) is 3.61. The van der Waals surface area contributed by atoms with Gasteiger partial charge in [0.2, 0.25) is 0 Å². The van der Waals surface area contributed by atoms with Crippen LogP contribution in [0.1, 0.15) is 12.2 Å². The van der Waals surface area contributed by atoms with Crippen molar-refractivity contribution >= 4 is 16.0 Å². The highest BCUT2D eigenvalue weighted by Crippen LogP contribution is 2.27. The molecule has 106 valence electrons. The van der Waals surface area contributed by atoms with Gasteiger partial charge in [-0.05, 0) is 6.92 Å². The molecule has 2 N–H and O–H groups in total.